The van der Waals surface area contributed by atoms with E-state index in [0.29, 0.717) is 42.2 Å². The number of piperazine rings is 1. The van der Waals surface area contributed by atoms with Crippen molar-refractivity contribution < 1.29 is 19.4 Å². The number of fused-ring (bicyclic) bond motifs is 3. The highest BCUT2D eigenvalue weighted by Gasteiger charge is 2.54. The lowest BCUT2D eigenvalue weighted by Crippen LogP contribution is -2.53. The van der Waals surface area contributed by atoms with Gasteiger partial charge < -0.3 is 24.8 Å². The first-order valence-electron chi connectivity index (χ1n) is 19.6. The van der Waals surface area contributed by atoms with Crippen LogP contribution in [-0.2, 0) is 23.1 Å². The number of carboxylic acids is 1. The summed E-state index contributed by atoms with van der Waals surface area (Å²) in [6.07, 6.45) is 9.99. The van der Waals surface area contributed by atoms with Gasteiger partial charge in [0, 0.05) is 60.9 Å². The van der Waals surface area contributed by atoms with Gasteiger partial charge >= 0.3 is 5.97 Å². The normalized spacial score (nSPS) is 27.4. The third-order valence-corrected chi connectivity index (χ3v) is 12.9. The van der Waals surface area contributed by atoms with Crippen LogP contribution in [0.2, 0.25) is 5.02 Å². The number of rotatable bonds is 12. The largest absolute Gasteiger partial charge is 0.493 e. The number of ether oxygens (including phenoxy) is 2. The highest BCUT2D eigenvalue weighted by atomic mass is 35.5. The molecular formula is C43H57ClN4O4. The van der Waals surface area contributed by atoms with E-state index in [1.807, 2.05) is 36.5 Å². The second kappa shape index (κ2) is 15.6. The first-order chi connectivity index (χ1) is 25.0. The zero-order valence-electron chi connectivity index (χ0n) is 31.5. The van der Waals surface area contributed by atoms with Crippen LogP contribution >= 0.6 is 11.6 Å². The number of benzene rings is 2. The molecule has 4 atom stereocenters. The zero-order valence-corrected chi connectivity index (χ0v) is 32.3. The lowest BCUT2D eigenvalue weighted by Gasteiger charge is -2.47. The van der Waals surface area contributed by atoms with Crippen molar-refractivity contribution in [1.29, 1.82) is 0 Å². The van der Waals surface area contributed by atoms with Crippen molar-refractivity contribution >= 4 is 23.3 Å². The van der Waals surface area contributed by atoms with Gasteiger partial charge in [-0.2, -0.15) is 0 Å². The molecule has 52 heavy (non-hydrogen) atoms. The van der Waals surface area contributed by atoms with Crippen LogP contribution < -0.4 is 14.8 Å². The number of nitrogens with one attached hydrogen (secondary N) is 1. The summed E-state index contributed by atoms with van der Waals surface area (Å²) in [7, 11) is 2.19. The minimum Gasteiger partial charge on any atom is -0.493 e. The molecule has 1 aliphatic heterocycles. The third kappa shape index (κ3) is 7.81. The van der Waals surface area contributed by atoms with Gasteiger partial charge in [-0.1, -0.05) is 37.6 Å². The Morgan fingerprint density at radius 2 is 1.87 bits per heavy atom. The van der Waals surface area contributed by atoms with Crippen LogP contribution in [-0.4, -0.2) is 83.9 Å². The molecule has 0 radical (unpaired) electrons. The smallest absolute Gasteiger partial charge is 0.329 e. The predicted octanol–water partition coefficient (Wildman–Crippen LogP) is 8.21. The van der Waals surface area contributed by atoms with E-state index in [9.17, 15) is 9.90 Å². The standard InChI is InChI=1S/C43H57ClN4O4/c1-29(28-51-39-13-18-45-38-10-5-7-30(2)40(38)39)23-33-24-32-11-12-36(52-31(3)27-48-21-19-47(4)20-22-48)26-37(32)42(33)14-16-43(17-15-42,41(49)50)46-35-9-6-8-34(44)25-35/h6,8-9,11-13,18,25-26,29-31,33,46H,5,7,10,14-17,19-24,27-28H2,1-4H3,(H,49,50)/t29-,30-,31?,33+,42?,43?/m1/s1. The Kier molecular flexibility index (Phi) is 11.1. The number of hydrogen-bond donors (Lipinski definition) is 2. The monoisotopic (exact) mass is 728 g/mol. The van der Waals surface area contributed by atoms with Gasteiger partial charge in [-0.3, -0.25) is 9.88 Å². The van der Waals surface area contributed by atoms with E-state index in [0.717, 1.165) is 82.0 Å². The maximum absolute atomic E-state index is 13.0. The average molecular weight is 729 g/mol. The molecule has 4 aliphatic rings. The Morgan fingerprint density at radius 1 is 1.08 bits per heavy atom. The van der Waals surface area contributed by atoms with Crippen molar-refractivity contribution in [3.8, 4) is 11.5 Å². The Labute approximate surface area is 315 Å². The fourth-order valence-corrected chi connectivity index (χ4v) is 10.0. The van der Waals surface area contributed by atoms with Gasteiger partial charge in [-0.15, -0.1) is 0 Å². The number of halogens is 1. The van der Waals surface area contributed by atoms with Crippen molar-refractivity contribution in [2.75, 3.05) is 51.7 Å². The topological polar surface area (TPSA) is 87.2 Å². The number of aliphatic carboxylic acids is 1. The van der Waals surface area contributed by atoms with Gasteiger partial charge in [0.05, 0.1) is 6.61 Å². The van der Waals surface area contributed by atoms with Crippen LogP contribution in [0.3, 0.4) is 0 Å². The molecule has 2 fully saturated rings. The van der Waals surface area contributed by atoms with Gasteiger partial charge in [-0.05, 0) is 142 Å². The van der Waals surface area contributed by atoms with Gasteiger partial charge in [0.1, 0.15) is 23.1 Å². The number of anilines is 1. The number of nitrogens with zero attached hydrogens (tertiary/aromatic N) is 3. The number of likely N-dealkylation sites (N-methyl/N-ethyl adjacent to an activating group) is 1. The number of carbonyl (C=O) groups is 1. The van der Waals surface area contributed by atoms with Crippen LogP contribution in [0.1, 0.15) is 94.0 Å². The van der Waals surface area contributed by atoms with Crippen molar-refractivity contribution in [2.24, 2.45) is 11.8 Å². The molecule has 2 aromatic carbocycles. The lowest BCUT2D eigenvalue weighted by atomic mass is 9.59. The van der Waals surface area contributed by atoms with E-state index in [4.69, 9.17) is 21.1 Å². The second-order valence-corrected chi connectivity index (χ2v) is 17.0. The number of hydrogen-bond acceptors (Lipinski definition) is 7. The van der Waals surface area contributed by atoms with E-state index in [2.05, 4.69) is 66.1 Å². The molecule has 1 aromatic heterocycles. The van der Waals surface area contributed by atoms with E-state index < -0.39 is 11.5 Å². The third-order valence-electron chi connectivity index (χ3n) is 12.7. The summed E-state index contributed by atoms with van der Waals surface area (Å²) in [5.41, 5.74) is 4.78. The molecule has 1 unspecified atom stereocenters. The van der Waals surface area contributed by atoms with E-state index in [-0.39, 0.29) is 11.5 Å². The van der Waals surface area contributed by atoms with E-state index >= 15 is 0 Å². The number of aromatic nitrogens is 1. The molecule has 7 rings (SSSR count). The molecule has 2 N–H and O–H groups in total. The van der Waals surface area contributed by atoms with Crippen LogP contribution in [0.4, 0.5) is 5.69 Å². The van der Waals surface area contributed by atoms with E-state index in [1.54, 1.807) is 0 Å². The summed E-state index contributed by atoms with van der Waals surface area (Å²) >= 11 is 6.31. The minimum absolute atomic E-state index is 0.0707. The number of pyridine rings is 1. The molecule has 0 bridgehead atoms. The first-order valence-corrected chi connectivity index (χ1v) is 20.0. The molecule has 1 saturated heterocycles. The number of carboxylic acid groups (broad SMARTS) is 1. The Bertz CT molecular complexity index is 1720. The molecule has 8 nitrogen and oxygen atoms in total. The molecular weight excluding hydrogens is 672 g/mol. The molecule has 280 valence electrons. The molecule has 2 heterocycles. The highest BCUT2D eigenvalue weighted by molar-refractivity contribution is 6.30. The minimum atomic E-state index is -1.06. The fourth-order valence-electron chi connectivity index (χ4n) is 9.81. The highest BCUT2D eigenvalue weighted by Crippen LogP contribution is 2.57. The molecule has 3 aromatic rings. The molecule has 0 amide bonds. The van der Waals surface area contributed by atoms with Gasteiger partial charge in [0.25, 0.3) is 0 Å². The van der Waals surface area contributed by atoms with Crippen molar-refractivity contribution in [3.63, 3.8) is 0 Å². The maximum Gasteiger partial charge on any atom is 0.329 e. The van der Waals surface area contributed by atoms with E-state index in [1.165, 1.54) is 35.2 Å². The zero-order chi connectivity index (χ0) is 36.5. The van der Waals surface area contributed by atoms with Crippen LogP contribution in [0.15, 0.2) is 54.7 Å². The van der Waals surface area contributed by atoms with Crippen LogP contribution in [0.5, 0.6) is 11.5 Å². The Balaban J connectivity index is 1.11. The summed E-state index contributed by atoms with van der Waals surface area (Å²) in [5.74, 6) is 2.28. The average Bonchev–Trinajstić information content (AvgIpc) is 3.40. The van der Waals surface area contributed by atoms with Crippen molar-refractivity contribution in [1.82, 2.24) is 14.8 Å². The van der Waals surface area contributed by atoms with Gasteiger partial charge in [0.15, 0.2) is 0 Å². The summed E-state index contributed by atoms with van der Waals surface area (Å²) in [6.45, 7) is 12.7. The molecule has 9 heteroatoms. The number of aryl methyl sites for hydroxylation is 1. The summed E-state index contributed by atoms with van der Waals surface area (Å²) < 4.78 is 13.2. The summed E-state index contributed by atoms with van der Waals surface area (Å²) in [6, 6.07) is 16.2. The van der Waals surface area contributed by atoms with Crippen molar-refractivity contribution in [3.05, 3.63) is 82.1 Å². The molecule has 3 aliphatic carbocycles. The molecule has 1 saturated carbocycles. The quantitative estimate of drug-likeness (QED) is 0.193. The van der Waals surface area contributed by atoms with Crippen LogP contribution in [0.25, 0.3) is 0 Å². The SMILES string of the molecule is CC(CN1CCN(C)CC1)Oc1ccc2c(c1)C1(CCC(Nc3cccc(Cl)c3)(C(=O)O)CC1)[C@@H](C[C@@H](C)COc1ccnc3c1[C@H](C)CCC3)C2. The van der Waals surface area contributed by atoms with Crippen LogP contribution in [0, 0.1) is 11.8 Å². The Morgan fingerprint density at radius 3 is 2.62 bits per heavy atom. The summed E-state index contributed by atoms with van der Waals surface area (Å²) in [4.78, 5) is 22.6. The second-order valence-electron chi connectivity index (χ2n) is 16.5. The lowest BCUT2D eigenvalue weighted by molar-refractivity contribution is -0.144. The Hall–Kier alpha value is -3.33. The maximum atomic E-state index is 13.0. The fraction of sp³-hybridized carbons (Fsp3) is 0.581. The van der Waals surface area contributed by atoms with Gasteiger partial charge in [-0.25, -0.2) is 4.79 Å². The van der Waals surface area contributed by atoms with Gasteiger partial charge in [0.2, 0.25) is 0 Å². The first kappa shape index (κ1) is 37.0. The molecule has 1 spiro atoms. The van der Waals surface area contributed by atoms with Crippen molar-refractivity contribution in [2.45, 2.75) is 102 Å². The predicted molar refractivity (Wildman–Crippen MR) is 208 cm³/mol. The summed E-state index contributed by atoms with van der Waals surface area (Å²) in [5, 5.41) is 14.7.